The molecule has 0 spiro atoms. The van der Waals surface area contributed by atoms with Gasteiger partial charge in [-0.1, -0.05) is 48.5 Å². The predicted molar refractivity (Wildman–Crippen MR) is 235 cm³/mol. The second-order valence-corrected chi connectivity index (χ2v) is 14.1. The molecule has 0 radical (unpaired) electrons. The first kappa shape index (κ1) is 39.2. The van der Waals surface area contributed by atoms with Crippen molar-refractivity contribution in [2.75, 3.05) is 22.9 Å². The van der Waals surface area contributed by atoms with Crippen LogP contribution in [-0.4, -0.2) is 20.4 Å². The van der Waals surface area contributed by atoms with Crippen LogP contribution in [0.3, 0.4) is 0 Å². The van der Waals surface area contributed by atoms with Crippen molar-refractivity contribution in [3.8, 4) is 69.0 Å². The van der Waals surface area contributed by atoms with Crippen LogP contribution in [0.5, 0.6) is 69.0 Å². The van der Waals surface area contributed by atoms with Crippen molar-refractivity contribution >= 4 is 22.7 Å². The van der Waals surface area contributed by atoms with Crippen molar-refractivity contribution in [1.82, 2.24) is 0 Å². The summed E-state index contributed by atoms with van der Waals surface area (Å²) in [6.45, 7) is 0. The predicted octanol–water partition coefficient (Wildman–Crippen LogP) is 10.4. The number of benzene rings is 8. The molecule has 0 aromatic heterocycles. The van der Waals surface area contributed by atoms with Gasteiger partial charge in [-0.15, -0.1) is 0 Å². The molecule has 0 bridgehead atoms. The van der Waals surface area contributed by atoms with E-state index in [1.807, 2.05) is 97.1 Å². The van der Waals surface area contributed by atoms with Crippen molar-refractivity contribution < 1.29 is 39.4 Å². The number of anilines is 4. The molecule has 0 aliphatic heterocycles. The Morgan fingerprint density at radius 3 is 0.623 bits per heavy atom. The lowest BCUT2D eigenvalue weighted by Crippen LogP contribution is -2.31. The highest BCUT2D eigenvalue weighted by molar-refractivity contribution is 5.63. The first-order valence-corrected chi connectivity index (χ1v) is 18.9. The summed E-state index contributed by atoms with van der Waals surface area (Å²) in [6, 6.07) is 49.3. The van der Waals surface area contributed by atoms with Gasteiger partial charge in [-0.05, 0) is 119 Å². The van der Waals surface area contributed by atoms with Gasteiger partial charge in [0.1, 0.15) is 69.0 Å². The number of rotatable bonds is 12. The van der Waals surface area contributed by atoms with Crippen LogP contribution < -0.4 is 41.9 Å². The van der Waals surface area contributed by atoms with Gasteiger partial charge < -0.3 is 62.3 Å². The first-order valence-electron chi connectivity index (χ1n) is 18.9. The Morgan fingerprint density at radius 1 is 0.262 bits per heavy atom. The Labute approximate surface area is 350 Å². The van der Waals surface area contributed by atoms with E-state index >= 15 is 0 Å². The van der Waals surface area contributed by atoms with Gasteiger partial charge in [-0.2, -0.15) is 0 Å². The number of nitrogen functional groups attached to an aromatic ring is 4. The molecule has 12 nitrogen and oxygen atoms in total. The minimum Gasteiger partial charge on any atom is -0.506 e. The maximum absolute atomic E-state index is 10.2. The minimum atomic E-state index is -1.01. The molecule has 12 heteroatoms. The zero-order valence-corrected chi connectivity index (χ0v) is 32.4. The zero-order valence-electron chi connectivity index (χ0n) is 32.4. The summed E-state index contributed by atoms with van der Waals surface area (Å²) in [5.41, 5.74) is 26.6. The molecule has 0 amide bonds. The molecule has 0 fully saturated rings. The van der Waals surface area contributed by atoms with Crippen molar-refractivity contribution in [2.24, 2.45) is 0 Å². The van der Waals surface area contributed by atoms with E-state index < -0.39 is 5.41 Å². The van der Waals surface area contributed by atoms with Crippen molar-refractivity contribution in [3.05, 3.63) is 192 Å². The van der Waals surface area contributed by atoms with E-state index in [1.165, 1.54) is 24.3 Å². The van der Waals surface area contributed by atoms with Crippen LogP contribution in [0.1, 0.15) is 22.3 Å². The normalized spacial score (nSPS) is 11.1. The maximum atomic E-state index is 10.2. The Hall–Kier alpha value is -8.64. The molecule has 8 aromatic rings. The highest BCUT2D eigenvalue weighted by Gasteiger charge is 2.39. The molecule has 304 valence electrons. The SMILES string of the molecule is Nc1ccc(Oc2ccc(C(c3ccc(Oc4ccc(N)c(O)c4)cc3)(c3ccc(Oc4ccc(N)c(O)c4)cc3)c3ccc(Oc4ccc(N)c(O)c4)cc3)cc2)cc1O. The molecule has 0 heterocycles. The Morgan fingerprint density at radius 2 is 0.443 bits per heavy atom. The number of hydrogen-bond donors (Lipinski definition) is 8. The van der Waals surface area contributed by atoms with Crippen molar-refractivity contribution in [2.45, 2.75) is 5.41 Å². The summed E-state index contributed by atoms with van der Waals surface area (Å²) in [4.78, 5) is 0. The average Bonchev–Trinajstić information content (AvgIpc) is 3.26. The van der Waals surface area contributed by atoms with Crippen LogP contribution in [-0.2, 0) is 5.41 Å². The lowest BCUT2D eigenvalue weighted by atomic mass is 9.65. The Balaban J connectivity index is 1.25. The lowest BCUT2D eigenvalue weighted by molar-refractivity contribution is 0.456. The quantitative estimate of drug-likeness (QED) is 0.0328. The van der Waals surface area contributed by atoms with E-state index in [4.69, 9.17) is 41.9 Å². The molecule has 12 N–H and O–H groups in total. The van der Waals surface area contributed by atoms with Gasteiger partial charge in [-0.3, -0.25) is 0 Å². The third kappa shape index (κ3) is 8.22. The molecule has 0 saturated carbocycles. The summed E-state index contributed by atoms with van der Waals surface area (Å²) >= 11 is 0. The van der Waals surface area contributed by atoms with Crippen LogP contribution in [0.25, 0.3) is 0 Å². The number of phenolic OH excluding ortho intramolecular Hbond substituents is 4. The van der Waals surface area contributed by atoms with Gasteiger partial charge in [0.05, 0.1) is 28.2 Å². The van der Waals surface area contributed by atoms with Gasteiger partial charge >= 0.3 is 0 Å². The third-order valence-corrected chi connectivity index (χ3v) is 10.1. The second-order valence-electron chi connectivity index (χ2n) is 14.1. The second kappa shape index (κ2) is 16.3. The summed E-state index contributed by atoms with van der Waals surface area (Å²) in [7, 11) is 0. The minimum absolute atomic E-state index is 0.0880. The molecule has 61 heavy (non-hydrogen) atoms. The summed E-state index contributed by atoms with van der Waals surface area (Å²) in [5, 5.41) is 40.8. The fourth-order valence-corrected chi connectivity index (χ4v) is 6.98. The smallest absolute Gasteiger partial charge is 0.142 e. The van der Waals surface area contributed by atoms with Gasteiger partial charge in [0.25, 0.3) is 0 Å². The maximum Gasteiger partial charge on any atom is 0.142 e. The zero-order chi connectivity index (χ0) is 42.7. The van der Waals surface area contributed by atoms with Crippen LogP contribution in [0.2, 0.25) is 0 Å². The van der Waals surface area contributed by atoms with Gasteiger partial charge in [0, 0.05) is 24.3 Å². The number of phenols is 4. The van der Waals surface area contributed by atoms with Crippen LogP contribution in [0.15, 0.2) is 170 Å². The molecule has 8 rings (SSSR count). The molecule has 8 aromatic carbocycles. The Bertz CT molecular complexity index is 2440. The van der Waals surface area contributed by atoms with Crippen molar-refractivity contribution in [1.29, 1.82) is 0 Å². The van der Waals surface area contributed by atoms with E-state index in [2.05, 4.69) is 0 Å². The molecule has 0 aliphatic carbocycles. The first-order chi connectivity index (χ1) is 29.4. The Kier molecular flexibility index (Phi) is 10.5. The van der Waals surface area contributed by atoms with E-state index in [0.717, 1.165) is 22.3 Å². The van der Waals surface area contributed by atoms with Crippen LogP contribution >= 0.6 is 0 Å². The third-order valence-electron chi connectivity index (χ3n) is 10.1. The molecule has 0 aliphatic rings. The van der Waals surface area contributed by atoms with E-state index in [9.17, 15) is 20.4 Å². The van der Waals surface area contributed by atoms with E-state index in [1.54, 1.807) is 48.5 Å². The average molecular weight is 813 g/mol. The van der Waals surface area contributed by atoms with E-state index in [-0.39, 0.29) is 45.7 Å². The van der Waals surface area contributed by atoms with Crippen LogP contribution in [0.4, 0.5) is 22.7 Å². The fraction of sp³-hybridized carbons (Fsp3) is 0.0204. The largest absolute Gasteiger partial charge is 0.506 e. The van der Waals surface area contributed by atoms with Gasteiger partial charge in [0.15, 0.2) is 0 Å². The van der Waals surface area contributed by atoms with Crippen LogP contribution in [0, 0.1) is 0 Å². The van der Waals surface area contributed by atoms with Crippen molar-refractivity contribution in [3.63, 3.8) is 0 Å². The summed E-state index contributed by atoms with van der Waals surface area (Å²) in [6.07, 6.45) is 0. The number of nitrogens with two attached hydrogens (primary N) is 4. The monoisotopic (exact) mass is 812 g/mol. The highest BCUT2D eigenvalue weighted by atomic mass is 16.5. The molecule has 0 saturated heterocycles. The molecule has 0 unspecified atom stereocenters. The molecular formula is C49H40N4O8. The summed E-state index contributed by atoms with van der Waals surface area (Å²) < 4.78 is 24.5. The van der Waals surface area contributed by atoms with E-state index in [0.29, 0.717) is 46.0 Å². The summed E-state index contributed by atoms with van der Waals surface area (Å²) in [5.74, 6) is 3.35. The number of ether oxygens (including phenoxy) is 4. The molecular weight excluding hydrogens is 773 g/mol. The number of aromatic hydroxyl groups is 4. The lowest BCUT2D eigenvalue weighted by Gasteiger charge is -2.37. The number of hydrogen-bond acceptors (Lipinski definition) is 12. The fourth-order valence-electron chi connectivity index (χ4n) is 6.98. The highest BCUT2D eigenvalue weighted by Crippen LogP contribution is 2.48. The standard InChI is InChI=1S/C49H40N4O8/c50-41-21-17-37(25-45(41)54)58-33-9-1-29(2-10-33)49(30-3-11-34(12-4-30)59-38-18-22-42(51)46(55)26-38,31-5-13-35(14-6-31)60-39-19-23-43(52)47(56)27-39)32-7-15-36(16-8-32)61-40-20-24-44(53)48(57)28-40/h1-28,54-57H,50-53H2. The van der Waals surface area contributed by atoms with Gasteiger partial charge in [-0.25, -0.2) is 0 Å². The topological polar surface area (TPSA) is 222 Å². The molecule has 0 atom stereocenters. The van der Waals surface area contributed by atoms with Gasteiger partial charge in [0.2, 0.25) is 0 Å².